The van der Waals surface area contributed by atoms with Crippen LogP contribution in [-0.2, 0) is 0 Å². The van der Waals surface area contributed by atoms with E-state index in [1.807, 2.05) is 0 Å². The van der Waals surface area contributed by atoms with Crippen LogP contribution in [0.2, 0.25) is 0 Å². The van der Waals surface area contributed by atoms with E-state index in [9.17, 15) is 10.2 Å². The first kappa shape index (κ1) is 6.58. The molecule has 4 atom stereocenters. The molecule has 10 heavy (non-hydrogen) atoms. The minimum atomic E-state index is -0.325. The molecule has 2 bridgehead atoms. The van der Waals surface area contributed by atoms with Crippen LogP contribution in [0, 0.1) is 0 Å². The van der Waals surface area contributed by atoms with Crippen molar-refractivity contribution >= 4 is 0 Å². The van der Waals surface area contributed by atoms with Gasteiger partial charge in [0.2, 0.25) is 0 Å². The molecule has 0 aromatic carbocycles. The Morgan fingerprint density at radius 3 is 2.60 bits per heavy atom. The van der Waals surface area contributed by atoms with Gasteiger partial charge in [-0.05, 0) is 19.3 Å². The molecule has 0 aromatic rings. The van der Waals surface area contributed by atoms with Crippen molar-refractivity contribution in [1.82, 2.24) is 5.32 Å². The van der Waals surface area contributed by atoms with Gasteiger partial charge in [-0.3, -0.25) is 0 Å². The summed E-state index contributed by atoms with van der Waals surface area (Å²) in [4.78, 5) is 0. The molecule has 3 N–H and O–H groups in total. The molecule has 3 nitrogen and oxygen atoms in total. The second-order valence-electron chi connectivity index (χ2n) is 3.34. The van der Waals surface area contributed by atoms with Crippen LogP contribution in [0.4, 0.5) is 0 Å². The highest BCUT2D eigenvalue weighted by Crippen LogP contribution is 2.26. The average molecular weight is 143 g/mol. The minimum absolute atomic E-state index is 0.0428. The number of aliphatic hydroxyl groups excluding tert-OH is 2. The molecular weight excluding hydrogens is 130 g/mol. The molecular formula is C7H13NO2. The van der Waals surface area contributed by atoms with Crippen molar-refractivity contribution in [2.45, 2.75) is 43.6 Å². The molecule has 2 rings (SSSR count). The van der Waals surface area contributed by atoms with E-state index in [4.69, 9.17) is 0 Å². The van der Waals surface area contributed by atoms with Crippen molar-refractivity contribution in [1.29, 1.82) is 0 Å². The van der Waals surface area contributed by atoms with Crippen molar-refractivity contribution in [3.8, 4) is 0 Å². The number of nitrogens with one attached hydrogen (secondary N) is 1. The summed E-state index contributed by atoms with van der Waals surface area (Å²) in [5, 5.41) is 21.9. The first-order valence-electron chi connectivity index (χ1n) is 3.89. The Hall–Kier alpha value is -0.120. The number of hydrogen-bond acceptors (Lipinski definition) is 3. The Balaban J connectivity index is 2.10. The smallest absolute Gasteiger partial charge is 0.0733 e. The van der Waals surface area contributed by atoms with Crippen molar-refractivity contribution in [3.63, 3.8) is 0 Å². The Bertz CT molecular complexity index is 136. The third kappa shape index (κ3) is 0.856. The van der Waals surface area contributed by atoms with Gasteiger partial charge in [-0.15, -0.1) is 0 Å². The molecule has 0 spiro atoms. The van der Waals surface area contributed by atoms with Gasteiger partial charge in [0.1, 0.15) is 0 Å². The number of rotatable bonds is 0. The highest BCUT2D eigenvalue weighted by Gasteiger charge is 2.40. The predicted molar refractivity (Wildman–Crippen MR) is 36.6 cm³/mol. The zero-order chi connectivity index (χ0) is 7.14. The van der Waals surface area contributed by atoms with E-state index in [-0.39, 0.29) is 18.2 Å². The van der Waals surface area contributed by atoms with Gasteiger partial charge in [-0.1, -0.05) is 0 Å². The average Bonchev–Trinajstić information content (AvgIpc) is 2.21. The molecule has 0 aliphatic carbocycles. The molecule has 0 saturated carbocycles. The summed E-state index contributed by atoms with van der Waals surface area (Å²) < 4.78 is 0. The van der Waals surface area contributed by atoms with Crippen molar-refractivity contribution in [2.24, 2.45) is 0 Å². The van der Waals surface area contributed by atoms with Gasteiger partial charge >= 0.3 is 0 Å². The minimum Gasteiger partial charge on any atom is -0.391 e. The summed E-state index contributed by atoms with van der Waals surface area (Å²) in [6.45, 7) is 0. The standard InChI is InChI=1S/C7H13NO2/c9-5-2-1-4-3-6(10)7(5)8-4/h4-10H,1-3H2. The van der Waals surface area contributed by atoms with Gasteiger partial charge in [0.25, 0.3) is 0 Å². The second-order valence-corrected chi connectivity index (χ2v) is 3.34. The normalized spacial score (nSPS) is 53.4. The lowest BCUT2D eigenvalue weighted by atomic mass is 10.0. The van der Waals surface area contributed by atoms with Crippen LogP contribution in [0.15, 0.2) is 0 Å². The summed E-state index contributed by atoms with van der Waals surface area (Å²) in [7, 11) is 0. The van der Waals surface area contributed by atoms with E-state index >= 15 is 0 Å². The number of fused-ring (bicyclic) bond motifs is 2. The number of aliphatic hydroxyl groups is 2. The Morgan fingerprint density at radius 2 is 1.90 bits per heavy atom. The van der Waals surface area contributed by atoms with Crippen molar-refractivity contribution in [3.05, 3.63) is 0 Å². The maximum Gasteiger partial charge on any atom is 0.0733 e. The van der Waals surface area contributed by atoms with E-state index in [0.717, 1.165) is 19.3 Å². The largest absolute Gasteiger partial charge is 0.391 e. The maximum atomic E-state index is 9.35. The lowest BCUT2D eigenvalue weighted by molar-refractivity contribution is 0.0524. The van der Waals surface area contributed by atoms with Crippen LogP contribution in [0.1, 0.15) is 19.3 Å². The summed E-state index contributed by atoms with van der Waals surface area (Å²) in [6.07, 6.45) is 2.03. The third-order valence-electron chi connectivity index (χ3n) is 2.59. The zero-order valence-electron chi connectivity index (χ0n) is 5.83. The molecule has 58 valence electrons. The van der Waals surface area contributed by atoms with E-state index in [1.54, 1.807) is 0 Å². The molecule has 0 radical (unpaired) electrons. The van der Waals surface area contributed by atoms with Gasteiger partial charge in [-0.25, -0.2) is 0 Å². The number of piperidine rings is 1. The van der Waals surface area contributed by atoms with Crippen molar-refractivity contribution in [2.75, 3.05) is 0 Å². The summed E-state index contributed by atoms with van der Waals surface area (Å²) in [5.41, 5.74) is 0. The molecule has 4 unspecified atom stereocenters. The Morgan fingerprint density at radius 1 is 1.10 bits per heavy atom. The van der Waals surface area contributed by atoms with E-state index in [0.29, 0.717) is 6.04 Å². The molecule has 2 fully saturated rings. The van der Waals surface area contributed by atoms with Gasteiger partial charge in [0, 0.05) is 6.04 Å². The topological polar surface area (TPSA) is 52.5 Å². The predicted octanol–water partition coefficient (Wildman–Crippen LogP) is -0.768. The highest BCUT2D eigenvalue weighted by atomic mass is 16.3. The lowest BCUT2D eigenvalue weighted by Crippen LogP contribution is -2.46. The Kier molecular flexibility index (Phi) is 1.44. The van der Waals surface area contributed by atoms with E-state index < -0.39 is 0 Å². The van der Waals surface area contributed by atoms with Crippen LogP contribution in [0.3, 0.4) is 0 Å². The molecule has 2 aliphatic heterocycles. The summed E-state index contributed by atoms with van der Waals surface area (Å²) in [5.74, 6) is 0. The highest BCUT2D eigenvalue weighted by molar-refractivity contribution is 4.99. The van der Waals surface area contributed by atoms with E-state index in [1.165, 1.54) is 0 Å². The summed E-state index contributed by atoms with van der Waals surface area (Å²) in [6, 6.07) is 0.419. The van der Waals surface area contributed by atoms with E-state index in [2.05, 4.69) is 5.32 Å². The van der Waals surface area contributed by atoms with Gasteiger partial charge in [-0.2, -0.15) is 0 Å². The SMILES string of the molecule is OC1CCC2CC(O)C1N2. The third-order valence-corrected chi connectivity index (χ3v) is 2.59. The van der Waals surface area contributed by atoms with Crippen LogP contribution in [0.25, 0.3) is 0 Å². The molecule has 2 heterocycles. The lowest BCUT2D eigenvalue weighted by Gasteiger charge is -2.26. The quantitative estimate of drug-likeness (QED) is 0.417. The fourth-order valence-corrected chi connectivity index (χ4v) is 2.01. The number of hydrogen-bond donors (Lipinski definition) is 3. The molecule has 3 heteroatoms. The molecule has 0 amide bonds. The van der Waals surface area contributed by atoms with Gasteiger partial charge < -0.3 is 15.5 Å². The van der Waals surface area contributed by atoms with Crippen molar-refractivity contribution < 1.29 is 10.2 Å². The fourth-order valence-electron chi connectivity index (χ4n) is 2.01. The van der Waals surface area contributed by atoms with Crippen LogP contribution in [-0.4, -0.2) is 34.5 Å². The maximum absolute atomic E-state index is 9.35. The first-order valence-corrected chi connectivity index (χ1v) is 3.89. The molecule has 2 saturated heterocycles. The molecule has 2 aliphatic rings. The van der Waals surface area contributed by atoms with Crippen LogP contribution >= 0.6 is 0 Å². The van der Waals surface area contributed by atoms with Crippen LogP contribution < -0.4 is 5.32 Å². The first-order chi connectivity index (χ1) is 4.77. The fraction of sp³-hybridized carbons (Fsp3) is 1.00. The monoisotopic (exact) mass is 143 g/mol. The zero-order valence-corrected chi connectivity index (χ0v) is 5.83. The second kappa shape index (κ2) is 2.19. The summed E-state index contributed by atoms with van der Waals surface area (Å²) >= 11 is 0. The molecule has 0 aromatic heterocycles. The van der Waals surface area contributed by atoms with Gasteiger partial charge in [0.05, 0.1) is 18.2 Å². The van der Waals surface area contributed by atoms with Gasteiger partial charge in [0.15, 0.2) is 0 Å². The Labute approximate surface area is 60.1 Å². The van der Waals surface area contributed by atoms with Crippen LogP contribution in [0.5, 0.6) is 0 Å².